The van der Waals surface area contributed by atoms with E-state index < -0.39 is 17.7 Å². The standard InChI is InChI=1S/C18H14F2N4O2/c1-10-22-23-17(26-10)6-11-4-13(5-11)18(25)24-16(2-3-21-24)12-7-14(19)9-15(20)8-12/h3,7-9,16H,2,4,6H2,1H3. The van der Waals surface area contributed by atoms with Crippen LogP contribution in [0.1, 0.15) is 36.2 Å². The number of nitrogens with zero attached hydrogens (tertiary/aromatic N) is 4. The molecule has 1 aliphatic carbocycles. The quantitative estimate of drug-likeness (QED) is 0.790. The molecule has 0 bridgehead atoms. The fourth-order valence-corrected chi connectivity index (χ4v) is 3.03. The third-order valence-electron chi connectivity index (χ3n) is 4.22. The van der Waals surface area contributed by atoms with Crippen molar-refractivity contribution >= 4 is 12.1 Å². The van der Waals surface area contributed by atoms with Crippen LogP contribution in [0, 0.1) is 18.6 Å². The first-order valence-corrected chi connectivity index (χ1v) is 8.08. The highest BCUT2D eigenvalue weighted by atomic mass is 19.1. The number of aryl methyl sites for hydroxylation is 1. The predicted octanol–water partition coefficient (Wildman–Crippen LogP) is 3.01. The van der Waals surface area contributed by atoms with Crippen LogP contribution in [-0.2, 0) is 11.2 Å². The molecule has 2 aliphatic rings. The summed E-state index contributed by atoms with van der Waals surface area (Å²) < 4.78 is 32.3. The van der Waals surface area contributed by atoms with E-state index in [-0.39, 0.29) is 5.91 Å². The highest BCUT2D eigenvalue weighted by molar-refractivity contribution is 5.96. The van der Waals surface area contributed by atoms with Gasteiger partial charge < -0.3 is 4.42 Å². The molecule has 1 atom stereocenters. The Labute approximate surface area is 147 Å². The fraction of sp³-hybridized carbons (Fsp3) is 0.278. The van der Waals surface area contributed by atoms with Crippen LogP contribution < -0.4 is 0 Å². The van der Waals surface area contributed by atoms with E-state index in [9.17, 15) is 13.6 Å². The summed E-state index contributed by atoms with van der Waals surface area (Å²) in [5.74, 6) is -0.724. The van der Waals surface area contributed by atoms with Crippen molar-refractivity contribution in [1.29, 1.82) is 0 Å². The maximum Gasteiger partial charge on any atom is 0.278 e. The third-order valence-corrected chi connectivity index (χ3v) is 4.22. The molecule has 0 N–H and O–H groups in total. The number of hydrogen-bond donors (Lipinski definition) is 0. The molecule has 1 aliphatic heterocycles. The number of carbonyl (C=O) groups is 1. The maximum absolute atomic E-state index is 13.5. The summed E-state index contributed by atoms with van der Waals surface area (Å²) in [4.78, 5) is 12.6. The van der Waals surface area contributed by atoms with E-state index in [0.717, 1.165) is 11.6 Å². The number of carbonyl (C=O) groups excluding carboxylic acids is 1. The van der Waals surface area contributed by atoms with Gasteiger partial charge in [-0.25, -0.2) is 13.8 Å². The van der Waals surface area contributed by atoms with Crippen molar-refractivity contribution in [3.05, 3.63) is 64.1 Å². The van der Waals surface area contributed by atoms with Gasteiger partial charge in [-0.1, -0.05) is 0 Å². The summed E-state index contributed by atoms with van der Waals surface area (Å²) in [6, 6.07) is 2.71. The van der Waals surface area contributed by atoms with Crippen molar-refractivity contribution in [1.82, 2.24) is 15.2 Å². The monoisotopic (exact) mass is 356 g/mol. The first-order chi connectivity index (χ1) is 12.5. The van der Waals surface area contributed by atoms with E-state index >= 15 is 0 Å². The Morgan fingerprint density at radius 2 is 2.04 bits per heavy atom. The minimum atomic E-state index is -0.681. The number of aromatic nitrogens is 2. The number of halogens is 2. The van der Waals surface area contributed by atoms with E-state index in [1.54, 1.807) is 13.1 Å². The Morgan fingerprint density at radius 3 is 2.69 bits per heavy atom. The molecule has 0 fully saturated rings. The molecule has 8 heteroatoms. The first-order valence-electron chi connectivity index (χ1n) is 8.08. The second kappa shape index (κ2) is 6.31. The van der Waals surface area contributed by atoms with E-state index in [1.165, 1.54) is 17.1 Å². The van der Waals surface area contributed by atoms with Crippen LogP contribution in [0.5, 0.6) is 0 Å². The number of hydrogen-bond acceptors (Lipinski definition) is 5. The van der Waals surface area contributed by atoms with E-state index in [2.05, 4.69) is 21.0 Å². The molecule has 0 saturated carbocycles. The van der Waals surface area contributed by atoms with Crippen LogP contribution in [0.2, 0.25) is 0 Å². The Morgan fingerprint density at radius 1 is 1.31 bits per heavy atom. The van der Waals surface area contributed by atoms with Crippen LogP contribution in [0.15, 0.2) is 44.6 Å². The van der Waals surface area contributed by atoms with Crippen molar-refractivity contribution in [3.8, 4) is 0 Å². The summed E-state index contributed by atoms with van der Waals surface area (Å²) in [5, 5.41) is 13.0. The van der Waals surface area contributed by atoms with Crippen molar-refractivity contribution in [3.63, 3.8) is 0 Å². The van der Waals surface area contributed by atoms with Crippen LogP contribution in [0.4, 0.5) is 8.78 Å². The molecular weight excluding hydrogens is 342 g/mol. The summed E-state index contributed by atoms with van der Waals surface area (Å²) in [6.07, 6.45) is 2.85. The van der Waals surface area contributed by atoms with E-state index in [4.69, 9.17) is 4.42 Å². The van der Waals surface area contributed by atoms with Crippen molar-refractivity contribution in [2.45, 2.75) is 32.2 Å². The summed E-state index contributed by atoms with van der Waals surface area (Å²) in [6.45, 7) is 1.71. The van der Waals surface area contributed by atoms with Crippen molar-refractivity contribution in [2.75, 3.05) is 0 Å². The van der Waals surface area contributed by atoms with Gasteiger partial charge >= 0.3 is 0 Å². The molecule has 1 aromatic heterocycles. The Kier molecular flexibility index (Phi) is 3.97. The molecule has 1 aromatic carbocycles. The molecule has 1 unspecified atom stereocenters. The lowest BCUT2D eigenvalue weighted by atomic mass is 9.93. The van der Waals surface area contributed by atoms with Crippen LogP contribution in [0.3, 0.4) is 0 Å². The molecule has 0 saturated heterocycles. The van der Waals surface area contributed by atoms with Crippen LogP contribution >= 0.6 is 0 Å². The molecule has 1 amide bonds. The van der Waals surface area contributed by atoms with Gasteiger partial charge in [0.05, 0.1) is 18.0 Å². The van der Waals surface area contributed by atoms with Crippen molar-refractivity contribution in [2.24, 2.45) is 5.10 Å². The SMILES string of the molecule is Cc1nnc(CC2=C=C(C(=O)N3N=CCC3c3cc(F)cc(F)c3)C2)o1. The average Bonchev–Trinajstić information content (AvgIpc) is 3.18. The van der Waals surface area contributed by atoms with Crippen molar-refractivity contribution < 1.29 is 18.0 Å². The minimum Gasteiger partial charge on any atom is -0.425 e. The zero-order valence-corrected chi connectivity index (χ0v) is 13.9. The lowest BCUT2D eigenvalue weighted by Gasteiger charge is -2.25. The molecule has 2 aromatic rings. The normalized spacial score (nSPS) is 18.6. The van der Waals surface area contributed by atoms with Gasteiger partial charge in [-0.3, -0.25) is 4.79 Å². The zero-order valence-electron chi connectivity index (χ0n) is 13.9. The minimum absolute atomic E-state index is 0.320. The molecule has 4 rings (SSSR count). The fourth-order valence-electron chi connectivity index (χ4n) is 3.03. The molecule has 0 spiro atoms. The molecule has 26 heavy (non-hydrogen) atoms. The molecule has 6 nitrogen and oxygen atoms in total. The third kappa shape index (κ3) is 3.07. The number of benzene rings is 1. The van der Waals surface area contributed by atoms with Gasteiger partial charge in [-0.15, -0.1) is 15.9 Å². The topological polar surface area (TPSA) is 71.6 Å². The van der Waals surface area contributed by atoms with Gasteiger partial charge in [-0.05, 0) is 23.3 Å². The Hall–Kier alpha value is -3.12. The lowest BCUT2D eigenvalue weighted by molar-refractivity contribution is -0.129. The first kappa shape index (κ1) is 16.4. The summed E-state index contributed by atoms with van der Waals surface area (Å²) >= 11 is 0. The lowest BCUT2D eigenvalue weighted by Crippen LogP contribution is -2.30. The van der Waals surface area contributed by atoms with Gasteiger partial charge in [0.15, 0.2) is 0 Å². The number of amides is 1. The highest BCUT2D eigenvalue weighted by Gasteiger charge is 2.33. The molecule has 132 valence electrons. The average molecular weight is 356 g/mol. The second-order valence-corrected chi connectivity index (χ2v) is 6.18. The summed E-state index contributed by atoms with van der Waals surface area (Å²) in [7, 11) is 0. The summed E-state index contributed by atoms with van der Waals surface area (Å²) in [5.41, 5.74) is 4.73. The predicted molar refractivity (Wildman–Crippen MR) is 86.9 cm³/mol. The molecule has 0 radical (unpaired) electrons. The van der Waals surface area contributed by atoms with Crippen LogP contribution in [-0.4, -0.2) is 27.3 Å². The van der Waals surface area contributed by atoms with Gasteiger partial charge in [0.2, 0.25) is 11.8 Å². The number of hydrazone groups is 1. The number of rotatable bonds is 4. The smallest absolute Gasteiger partial charge is 0.278 e. The van der Waals surface area contributed by atoms with Gasteiger partial charge in [0.25, 0.3) is 5.91 Å². The van der Waals surface area contributed by atoms with E-state index in [0.29, 0.717) is 42.2 Å². The van der Waals surface area contributed by atoms with Crippen LogP contribution in [0.25, 0.3) is 0 Å². The van der Waals surface area contributed by atoms with E-state index in [1.807, 2.05) is 0 Å². The Bertz CT molecular complexity index is 969. The maximum atomic E-state index is 13.5. The molecular formula is C18H14F2N4O2. The molecule has 2 heterocycles. The van der Waals surface area contributed by atoms with Gasteiger partial charge in [0.1, 0.15) is 11.6 Å². The zero-order chi connectivity index (χ0) is 18.3. The van der Waals surface area contributed by atoms with Gasteiger partial charge in [-0.2, -0.15) is 5.10 Å². The highest BCUT2D eigenvalue weighted by Crippen LogP contribution is 2.33. The van der Waals surface area contributed by atoms with Gasteiger partial charge in [0, 0.05) is 32.0 Å². The Balaban J connectivity index is 1.52. The largest absolute Gasteiger partial charge is 0.425 e. The second-order valence-electron chi connectivity index (χ2n) is 6.18.